The number of nitrogens with one attached hydrogen (secondary N) is 2. The van der Waals surface area contributed by atoms with E-state index >= 15 is 0 Å². The molecule has 0 saturated carbocycles. The van der Waals surface area contributed by atoms with Crippen LogP contribution >= 0.6 is 0 Å². The molecule has 1 aromatic heterocycles. The highest BCUT2D eigenvalue weighted by Crippen LogP contribution is 2.28. The third-order valence-electron chi connectivity index (χ3n) is 4.39. The number of carbonyl (C=O) groups is 3. The lowest BCUT2D eigenvalue weighted by Gasteiger charge is -2.29. The fraction of sp³-hybridized carbons (Fsp3) is 0.286. The van der Waals surface area contributed by atoms with Crippen LogP contribution in [0.1, 0.15) is 40.4 Å². The number of urea groups is 1. The van der Waals surface area contributed by atoms with Crippen molar-refractivity contribution in [2.75, 3.05) is 13.2 Å². The number of hydrogen-bond donors (Lipinski definition) is 2. The number of aryl methyl sites for hydroxylation is 2. The van der Waals surface area contributed by atoms with Crippen molar-refractivity contribution in [3.05, 3.63) is 70.3 Å². The molecule has 0 saturated heterocycles. The lowest BCUT2D eigenvalue weighted by molar-refractivity contribution is -0.139. The number of carbonyl (C=O) groups excluding carboxylic acids is 3. The molecule has 2 aromatic rings. The molecule has 1 atom stereocenters. The van der Waals surface area contributed by atoms with Crippen LogP contribution in [0.4, 0.5) is 4.79 Å². The average molecular weight is 398 g/mol. The number of amides is 2. The Hall–Kier alpha value is -3.55. The molecule has 0 spiro atoms. The Labute approximate surface area is 167 Å². The quantitative estimate of drug-likeness (QED) is 0.725. The topological polar surface area (TPSA) is 107 Å². The zero-order valence-electron chi connectivity index (χ0n) is 16.4. The van der Waals surface area contributed by atoms with Gasteiger partial charge in [0.1, 0.15) is 23.7 Å². The molecule has 3 rings (SSSR count). The van der Waals surface area contributed by atoms with Crippen molar-refractivity contribution in [3.8, 4) is 0 Å². The number of benzene rings is 1. The van der Waals surface area contributed by atoms with Crippen LogP contribution in [0.3, 0.4) is 0 Å². The maximum Gasteiger partial charge on any atom is 0.342 e. The van der Waals surface area contributed by atoms with Crippen molar-refractivity contribution in [3.63, 3.8) is 0 Å². The van der Waals surface area contributed by atoms with Gasteiger partial charge in [-0.25, -0.2) is 14.4 Å². The molecule has 2 heterocycles. The first kappa shape index (κ1) is 20.2. The van der Waals surface area contributed by atoms with E-state index in [1.165, 1.54) is 0 Å². The molecule has 8 nitrogen and oxygen atoms in total. The van der Waals surface area contributed by atoms with Gasteiger partial charge >= 0.3 is 18.0 Å². The van der Waals surface area contributed by atoms with Gasteiger partial charge in [-0.1, -0.05) is 30.3 Å². The first-order valence-corrected chi connectivity index (χ1v) is 9.17. The van der Waals surface area contributed by atoms with Gasteiger partial charge in [0.05, 0.1) is 23.9 Å². The summed E-state index contributed by atoms with van der Waals surface area (Å²) in [6, 6.07) is 9.35. The van der Waals surface area contributed by atoms with Crippen molar-refractivity contribution in [1.29, 1.82) is 0 Å². The number of rotatable bonds is 6. The molecule has 1 aromatic carbocycles. The van der Waals surface area contributed by atoms with E-state index < -0.39 is 24.0 Å². The minimum absolute atomic E-state index is 0.165. The highest BCUT2D eigenvalue weighted by Gasteiger charge is 2.34. The van der Waals surface area contributed by atoms with Crippen molar-refractivity contribution in [2.45, 2.75) is 26.8 Å². The Balaban J connectivity index is 1.92. The molecular formula is C21H22N2O6. The summed E-state index contributed by atoms with van der Waals surface area (Å²) in [5.74, 6) is -0.196. The summed E-state index contributed by atoms with van der Waals surface area (Å²) >= 11 is 0. The summed E-state index contributed by atoms with van der Waals surface area (Å²) in [6.07, 6.45) is 0. The van der Waals surface area contributed by atoms with Crippen LogP contribution < -0.4 is 10.6 Å². The summed E-state index contributed by atoms with van der Waals surface area (Å²) in [7, 11) is 0. The summed E-state index contributed by atoms with van der Waals surface area (Å²) in [5, 5.41) is 5.28. The van der Waals surface area contributed by atoms with E-state index in [0.29, 0.717) is 22.6 Å². The van der Waals surface area contributed by atoms with E-state index in [1.807, 2.05) is 6.07 Å². The largest absolute Gasteiger partial charge is 0.466 e. The zero-order chi connectivity index (χ0) is 21.0. The molecule has 152 valence electrons. The van der Waals surface area contributed by atoms with Gasteiger partial charge in [0, 0.05) is 0 Å². The van der Waals surface area contributed by atoms with E-state index in [4.69, 9.17) is 13.9 Å². The predicted octanol–water partition coefficient (Wildman–Crippen LogP) is 2.92. The molecule has 29 heavy (non-hydrogen) atoms. The minimum Gasteiger partial charge on any atom is -0.466 e. The van der Waals surface area contributed by atoms with Crippen LogP contribution in [0.2, 0.25) is 0 Å². The van der Waals surface area contributed by atoms with Gasteiger partial charge in [-0.3, -0.25) is 0 Å². The van der Waals surface area contributed by atoms with Gasteiger partial charge in [0.15, 0.2) is 0 Å². The molecule has 0 unspecified atom stereocenters. The number of esters is 2. The molecule has 2 N–H and O–H groups in total. The Morgan fingerprint density at radius 1 is 1.10 bits per heavy atom. The van der Waals surface area contributed by atoms with Crippen molar-refractivity contribution < 1.29 is 28.3 Å². The summed E-state index contributed by atoms with van der Waals surface area (Å²) < 4.78 is 15.9. The van der Waals surface area contributed by atoms with Crippen LogP contribution in [0.5, 0.6) is 0 Å². The fourth-order valence-corrected chi connectivity index (χ4v) is 3.13. The van der Waals surface area contributed by atoms with Crippen LogP contribution in [0.25, 0.3) is 0 Å². The van der Waals surface area contributed by atoms with E-state index in [9.17, 15) is 14.4 Å². The minimum atomic E-state index is -0.726. The highest BCUT2D eigenvalue weighted by atomic mass is 16.5. The van der Waals surface area contributed by atoms with Crippen LogP contribution in [-0.2, 0) is 14.3 Å². The van der Waals surface area contributed by atoms with Crippen LogP contribution in [0, 0.1) is 13.8 Å². The van der Waals surface area contributed by atoms with E-state index in [-0.39, 0.29) is 24.5 Å². The molecule has 1 aliphatic heterocycles. The standard InChI is InChI=1S/C21H22N2O6/c1-4-27-20(25)17-16(11-28-19(24)15-10-12(2)29-13(15)3)22-21(26)23-18(17)14-8-6-5-7-9-14/h5-10,18H,4,11H2,1-3H3,(H2,22,23,26)/t18-/m0/s1. The second-order valence-corrected chi connectivity index (χ2v) is 6.46. The molecule has 0 bridgehead atoms. The SMILES string of the molecule is CCOC(=O)C1=C(COC(=O)c2cc(C)oc2C)NC(=O)N[C@H]1c1ccccc1. The van der Waals surface area contributed by atoms with Crippen molar-refractivity contribution in [2.24, 2.45) is 0 Å². The summed E-state index contributed by atoms with van der Waals surface area (Å²) in [6.45, 7) is 4.94. The fourth-order valence-electron chi connectivity index (χ4n) is 3.13. The van der Waals surface area contributed by atoms with Crippen molar-refractivity contribution >= 4 is 18.0 Å². The molecule has 0 aliphatic carbocycles. The maximum absolute atomic E-state index is 12.6. The second-order valence-electron chi connectivity index (χ2n) is 6.46. The van der Waals surface area contributed by atoms with Gasteiger partial charge in [0.25, 0.3) is 0 Å². The van der Waals surface area contributed by atoms with Crippen molar-refractivity contribution in [1.82, 2.24) is 10.6 Å². The average Bonchev–Trinajstić information content (AvgIpc) is 3.04. The van der Waals surface area contributed by atoms with E-state index in [1.54, 1.807) is 51.1 Å². The van der Waals surface area contributed by atoms with E-state index in [2.05, 4.69) is 10.6 Å². The second kappa shape index (κ2) is 8.64. The first-order valence-electron chi connectivity index (χ1n) is 9.17. The molecule has 0 fully saturated rings. The van der Waals surface area contributed by atoms with Gasteiger partial charge in [-0.05, 0) is 32.4 Å². The van der Waals surface area contributed by atoms with Crippen LogP contribution in [-0.4, -0.2) is 31.2 Å². The maximum atomic E-state index is 12.6. The Morgan fingerprint density at radius 3 is 2.45 bits per heavy atom. The molecular weight excluding hydrogens is 376 g/mol. The third kappa shape index (κ3) is 4.48. The smallest absolute Gasteiger partial charge is 0.342 e. The van der Waals surface area contributed by atoms with Gasteiger partial charge < -0.3 is 24.5 Å². The Kier molecular flexibility index (Phi) is 6.01. The normalized spacial score (nSPS) is 16.1. The van der Waals surface area contributed by atoms with Gasteiger partial charge in [0.2, 0.25) is 0 Å². The zero-order valence-corrected chi connectivity index (χ0v) is 16.4. The monoisotopic (exact) mass is 398 g/mol. The highest BCUT2D eigenvalue weighted by molar-refractivity contribution is 5.95. The summed E-state index contributed by atoms with van der Waals surface area (Å²) in [5.41, 5.74) is 1.36. The van der Waals surface area contributed by atoms with E-state index in [0.717, 1.165) is 0 Å². The first-order chi connectivity index (χ1) is 13.9. The Bertz CT molecular complexity index is 961. The number of hydrogen-bond acceptors (Lipinski definition) is 6. The molecule has 0 radical (unpaired) electrons. The predicted molar refractivity (Wildman–Crippen MR) is 103 cm³/mol. The molecule has 8 heteroatoms. The number of ether oxygens (including phenoxy) is 2. The lowest BCUT2D eigenvalue weighted by atomic mass is 9.95. The third-order valence-corrected chi connectivity index (χ3v) is 4.39. The molecule has 2 amide bonds. The summed E-state index contributed by atoms with van der Waals surface area (Å²) in [4.78, 5) is 37.2. The van der Waals surface area contributed by atoms with Gasteiger partial charge in [-0.2, -0.15) is 0 Å². The number of furan rings is 1. The molecule has 1 aliphatic rings. The Morgan fingerprint density at radius 2 is 1.83 bits per heavy atom. The van der Waals surface area contributed by atoms with Crippen LogP contribution in [0.15, 0.2) is 52.1 Å². The lowest BCUT2D eigenvalue weighted by Crippen LogP contribution is -2.47. The van der Waals surface area contributed by atoms with Gasteiger partial charge in [-0.15, -0.1) is 0 Å².